The monoisotopic (exact) mass is 423 g/mol. The average molecular weight is 423 g/mol. The van der Waals surface area contributed by atoms with Crippen molar-refractivity contribution in [1.82, 2.24) is 0 Å². The molecule has 1 aliphatic heterocycles. The number of methoxy groups -OCH3 is 1. The molecule has 0 amide bonds. The van der Waals surface area contributed by atoms with Gasteiger partial charge in [0.1, 0.15) is 5.92 Å². The number of ketones is 1. The van der Waals surface area contributed by atoms with Gasteiger partial charge >= 0.3 is 5.97 Å². The van der Waals surface area contributed by atoms with Crippen molar-refractivity contribution in [3.05, 3.63) is 44.7 Å². The third-order valence-corrected chi connectivity index (χ3v) is 5.17. The topological polar surface area (TPSA) is 55.7 Å². The number of carbonyl (C=O) groups is 2. The van der Waals surface area contributed by atoms with Gasteiger partial charge in [-0.15, -0.1) is 0 Å². The Morgan fingerprint density at radius 2 is 2.13 bits per heavy atom. The van der Waals surface area contributed by atoms with Gasteiger partial charge in [-0.05, 0) is 60.1 Å². The van der Waals surface area contributed by atoms with Crippen LogP contribution in [0.5, 0.6) is 0 Å². The zero-order valence-corrected chi connectivity index (χ0v) is 15.3. The van der Waals surface area contributed by atoms with Gasteiger partial charge in [-0.25, -0.2) is 0 Å². The second kappa shape index (κ2) is 6.55. The first-order valence-corrected chi connectivity index (χ1v) is 8.75. The number of ether oxygens (including phenoxy) is 1. The van der Waals surface area contributed by atoms with Crippen molar-refractivity contribution >= 4 is 40.1 Å². The number of benzene rings is 1. The first-order chi connectivity index (χ1) is 11.0. The summed E-state index contributed by atoms with van der Waals surface area (Å²) in [5.74, 6) is -1.04. The predicted molar refractivity (Wildman–Crippen MR) is 96.4 cm³/mol. The molecule has 1 unspecified atom stereocenters. The highest BCUT2D eigenvalue weighted by molar-refractivity contribution is 14.1. The third-order valence-electron chi connectivity index (χ3n) is 4.50. The summed E-state index contributed by atoms with van der Waals surface area (Å²) < 4.78 is 6.08. The van der Waals surface area contributed by atoms with Gasteiger partial charge in [0.15, 0.2) is 5.78 Å². The summed E-state index contributed by atoms with van der Waals surface area (Å²) in [4.78, 5) is 29.5. The van der Waals surface area contributed by atoms with Gasteiger partial charge in [-0.2, -0.15) is 0 Å². The first-order valence-electron chi connectivity index (χ1n) is 7.67. The van der Waals surface area contributed by atoms with E-state index < -0.39 is 5.92 Å². The fraction of sp³-hybridized carbons (Fsp3) is 0.389. The van der Waals surface area contributed by atoms with E-state index >= 15 is 0 Å². The number of hydrogen-bond donors (Lipinski definition) is 0. The van der Waals surface area contributed by atoms with E-state index in [1.807, 2.05) is 31.2 Å². The molecule has 1 heterocycles. The number of esters is 1. The van der Waals surface area contributed by atoms with Crippen LogP contribution in [-0.4, -0.2) is 24.6 Å². The Balaban J connectivity index is 2.19. The van der Waals surface area contributed by atoms with Crippen LogP contribution in [0.25, 0.3) is 0 Å². The van der Waals surface area contributed by atoms with Crippen molar-refractivity contribution in [2.24, 2.45) is 10.9 Å². The van der Waals surface area contributed by atoms with Crippen molar-refractivity contribution < 1.29 is 14.3 Å². The summed E-state index contributed by atoms with van der Waals surface area (Å²) in [5.41, 5.74) is 3.26. The van der Waals surface area contributed by atoms with Crippen molar-refractivity contribution in [3.63, 3.8) is 0 Å². The molecule has 4 nitrogen and oxygen atoms in total. The van der Waals surface area contributed by atoms with E-state index in [2.05, 4.69) is 27.6 Å². The van der Waals surface area contributed by atoms with E-state index in [0.29, 0.717) is 12.0 Å². The summed E-state index contributed by atoms with van der Waals surface area (Å²) in [6.07, 6.45) is 2.16. The van der Waals surface area contributed by atoms with Crippen LogP contribution in [0.4, 0.5) is 0 Å². The molecule has 0 N–H and O–H groups in total. The van der Waals surface area contributed by atoms with Gasteiger partial charge in [0.25, 0.3) is 0 Å². The number of hydrogen-bond acceptors (Lipinski definition) is 4. The Labute approximate surface area is 149 Å². The second-order valence-electron chi connectivity index (χ2n) is 5.92. The number of rotatable bonds is 2. The third kappa shape index (κ3) is 2.98. The lowest BCUT2D eigenvalue weighted by atomic mass is 9.72. The van der Waals surface area contributed by atoms with Crippen molar-refractivity contribution in [2.75, 3.05) is 7.11 Å². The van der Waals surface area contributed by atoms with E-state index in [9.17, 15) is 9.59 Å². The summed E-state index contributed by atoms with van der Waals surface area (Å²) in [6, 6.07) is 7.97. The molecule has 1 aromatic rings. The SMILES string of the molecule is COC(=O)C1C(C)=NC2=C(C(=O)CCC2)[C@@H]1c1cccc(I)c1. The lowest BCUT2D eigenvalue weighted by Gasteiger charge is -2.34. The van der Waals surface area contributed by atoms with Gasteiger partial charge in [-0.3, -0.25) is 14.6 Å². The van der Waals surface area contributed by atoms with Gasteiger partial charge < -0.3 is 4.74 Å². The van der Waals surface area contributed by atoms with Gasteiger partial charge in [0.2, 0.25) is 0 Å². The number of Topliss-reactive ketones (excluding diaryl/α,β-unsaturated/α-hetero) is 1. The molecule has 0 spiro atoms. The minimum atomic E-state index is -0.529. The molecule has 2 atom stereocenters. The highest BCUT2D eigenvalue weighted by Gasteiger charge is 2.42. The van der Waals surface area contributed by atoms with Crippen LogP contribution < -0.4 is 0 Å². The fourth-order valence-electron chi connectivity index (χ4n) is 3.50. The van der Waals surface area contributed by atoms with Crippen molar-refractivity contribution in [2.45, 2.75) is 32.1 Å². The molecule has 23 heavy (non-hydrogen) atoms. The Kier molecular flexibility index (Phi) is 4.66. The molecule has 0 saturated heterocycles. The van der Waals surface area contributed by atoms with Gasteiger partial charge in [-0.1, -0.05) is 12.1 Å². The maximum Gasteiger partial charge on any atom is 0.315 e. The number of halogens is 1. The molecule has 120 valence electrons. The van der Waals surface area contributed by atoms with E-state index in [-0.39, 0.29) is 17.7 Å². The summed E-state index contributed by atoms with van der Waals surface area (Å²) in [5, 5.41) is 0. The average Bonchev–Trinajstić information content (AvgIpc) is 2.53. The van der Waals surface area contributed by atoms with Gasteiger partial charge in [0, 0.05) is 32.9 Å². The van der Waals surface area contributed by atoms with Crippen LogP contribution >= 0.6 is 22.6 Å². The van der Waals surface area contributed by atoms with E-state index in [0.717, 1.165) is 33.4 Å². The predicted octanol–water partition coefficient (Wildman–Crippen LogP) is 3.65. The lowest BCUT2D eigenvalue weighted by Crippen LogP contribution is -2.36. The molecule has 5 heteroatoms. The molecule has 1 aromatic carbocycles. The molecule has 2 aliphatic rings. The normalized spacial score (nSPS) is 24.1. The zero-order chi connectivity index (χ0) is 16.6. The molecule has 1 aliphatic carbocycles. The van der Waals surface area contributed by atoms with Crippen LogP contribution in [0.1, 0.15) is 37.7 Å². The first kappa shape index (κ1) is 16.4. The molecule has 0 fully saturated rings. The highest BCUT2D eigenvalue weighted by Crippen LogP contribution is 2.43. The molecule has 0 radical (unpaired) electrons. The van der Waals surface area contributed by atoms with E-state index in [4.69, 9.17) is 4.74 Å². The van der Waals surface area contributed by atoms with Crippen LogP contribution in [-0.2, 0) is 14.3 Å². The number of allylic oxidation sites excluding steroid dienone is 2. The molecular weight excluding hydrogens is 405 g/mol. The van der Waals surface area contributed by atoms with E-state index in [1.54, 1.807) is 0 Å². The maximum absolute atomic E-state index is 12.6. The zero-order valence-electron chi connectivity index (χ0n) is 13.1. The summed E-state index contributed by atoms with van der Waals surface area (Å²) >= 11 is 2.25. The fourth-order valence-corrected chi connectivity index (χ4v) is 4.07. The van der Waals surface area contributed by atoms with E-state index in [1.165, 1.54) is 7.11 Å². The molecule has 3 rings (SSSR count). The Morgan fingerprint density at radius 3 is 2.83 bits per heavy atom. The Bertz CT molecular complexity index is 736. The van der Waals surface area contributed by atoms with Gasteiger partial charge in [0.05, 0.1) is 7.11 Å². The minimum absolute atomic E-state index is 0.111. The van der Waals surface area contributed by atoms with Crippen LogP contribution in [0.2, 0.25) is 0 Å². The molecular formula is C18H18INO3. The standard InChI is InChI=1S/C18H18INO3/c1-10-15(18(22)23-2)16(11-5-3-6-12(19)9-11)17-13(20-10)7-4-8-14(17)21/h3,5-6,9,15-16H,4,7-8H2,1-2H3/t15?,16-/m1/s1. The minimum Gasteiger partial charge on any atom is -0.468 e. The molecule has 0 aromatic heterocycles. The number of aliphatic imine (C=N–C) groups is 1. The smallest absolute Gasteiger partial charge is 0.315 e. The summed E-state index contributed by atoms with van der Waals surface area (Å²) in [7, 11) is 1.38. The van der Waals surface area contributed by atoms with Crippen LogP contribution in [0.3, 0.4) is 0 Å². The second-order valence-corrected chi connectivity index (χ2v) is 7.17. The van der Waals surface area contributed by atoms with Crippen LogP contribution in [0, 0.1) is 9.49 Å². The van der Waals surface area contributed by atoms with Crippen molar-refractivity contribution in [1.29, 1.82) is 0 Å². The highest BCUT2D eigenvalue weighted by atomic mass is 127. The number of carbonyl (C=O) groups excluding carboxylic acids is 2. The summed E-state index contributed by atoms with van der Waals surface area (Å²) in [6.45, 7) is 1.85. The Hall–Kier alpha value is -1.50. The molecule has 0 bridgehead atoms. The number of nitrogens with zero attached hydrogens (tertiary/aromatic N) is 1. The van der Waals surface area contributed by atoms with Crippen molar-refractivity contribution in [3.8, 4) is 0 Å². The van der Waals surface area contributed by atoms with Crippen LogP contribution in [0.15, 0.2) is 40.5 Å². The maximum atomic E-state index is 12.6. The lowest BCUT2D eigenvalue weighted by molar-refractivity contribution is -0.143. The Morgan fingerprint density at radius 1 is 1.35 bits per heavy atom. The quantitative estimate of drug-likeness (QED) is 0.539. The largest absolute Gasteiger partial charge is 0.468 e. The molecule has 0 saturated carbocycles.